The molecule has 0 aliphatic carbocycles. The molecule has 10 aromatic rings. The largest absolute Gasteiger partial charge is 0.355 e. The molecule has 9 aromatic carbocycles. The number of aromatic nitrogens is 1. The van der Waals surface area contributed by atoms with E-state index in [4.69, 9.17) is 0 Å². The first kappa shape index (κ1) is 33.9. The Hall–Kier alpha value is -7.62. The molecule has 1 aromatic heterocycles. The molecule has 0 atom stereocenters. The van der Waals surface area contributed by atoms with Crippen molar-refractivity contribution in [2.24, 2.45) is 0 Å². The van der Waals surface area contributed by atoms with Crippen molar-refractivity contribution in [3.63, 3.8) is 0 Å². The Balaban J connectivity index is 1.15. The molecule has 1 heterocycles. The van der Waals surface area contributed by atoms with Gasteiger partial charge in [0.2, 0.25) is 0 Å². The van der Waals surface area contributed by atoms with Crippen LogP contribution in [-0.4, -0.2) is 4.57 Å². The van der Waals surface area contributed by atoms with Crippen LogP contribution in [0.2, 0.25) is 0 Å². The van der Waals surface area contributed by atoms with Crippen molar-refractivity contribution in [2.45, 2.75) is 0 Å². The summed E-state index contributed by atoms with van der Waals surface area (Å²) in [6.07, 6.45) is 0. The first-order valence-electron chi connectivity index (χ1n) is 19.4. The Morgan fingerprint density at radius 1 is 0.298 bits per heavy atom. The Labute approximate surface area is 333 Å². The van der Waals surface area contributed by atoms with Gasteiger partial charge in [0.15, 0.2) is 0 Å². The van der Waals surface area contributed by atoms with Gasteiger partial charge in [-0.2, -0.15) is 0 Å². The van der Waals surface area contributed by atoms with Crippen LogP contribution in [0.1, 0.15) is 0 Å². The molecule has 0 radical (unpaired) electrons. The first-order valence-corrected chi connectivity index (χ1v) is 19.4. The van der Waals surface area contributed by atoms with E-state index < -0.39 is 0 Å². The van der Waals surface area contributed by atoms with Gasteiger partial charge < -0.3 is 15.2 Å². The Morgan fingerprint density at radius 3 is 1.68 bits per heavy atom. The van der Waals surface area contributed by atoms with Crippen LogP contribution < -0.4 is 10.6 Å². The lowest BCUT2D eigenvalue weighted by molar-refractivity contribution is 1.18. The highest BCUT2D eigenvalue weighted by Crippen LogP contribution is 2.43. The molecule has 0 spiro atoms. The summed E-state index contributed by atoms with van der Waals surface area (Å²) >= 11 is 0. The zero-order valence-corrected chi connectivity index (χ0v) is 31.3. The molecular formula is C54H39N3. The van der Waals surface area contributed by atoms with Crippen molar-refractivity contribution in [2.75, 3.05) is 10.6 Å². The summed E-state index contributed by atoms with van der Waals surface area (Å²) in [5.41, 5.74) is 16.9. The minimum absolute atomic E-state index is 1.03. The second kappa shape index (κ2) is 14.9. The minimum atomic E-state index is 1.03. The lowest BCUT2D eigenvalue weighted by Gasteiger charge is -2.18. The maximum absolute atomic E-state index is 3.87. The van der Waals surface area contributed by atoms with Crippen molar-refractivity contribution in [3.8, 4) is 50.2 Å². The molecule has 0 unspecified atom stereocenters. The predicted octanol–water partition coefficient (Wildman–Crippen LogP) is 14.9. The topological polar surface area (TPSA) is 29.0 Å². The first-order chi connectivity index (χ1) is 28.3. The predicted molar refractivity (Wildman–Crippen MR) is 242 cm³/mol. The Bertz CT molecular complexity index is 3000. The van der Waals surface area contributed by atoms with E-state index in [-0.39, 0.29) is 0 Å². The number of nitrogens with zero attached hydrogens (tertiary/aromatic N) is 1. The Kier molecular flexibility index (Phi) is 8.86. The number of hydrogen-bond acceptors (Lipinski definition) is 2. The third-order valence-corrected chi connectivity index (χ3v) is 10.8. The molecule has 270 valence electrons. The molecule has 3 heteroatoms. The lowest BCUT2D eigenvalue weighted by atomic mass is 9.93. The molecule has 2 N–H and O–H groups in total. The second-order valence-corrected chi connectivity index (χ2v) is 14.3. The molecule has 0 saturated heterocycles. The minimum Gasteiger partial charge on any atom is -0.355 e. The van der Waals surface area contributed by atoms with Crippen LogP contribution in [0.15, 0.2) is 224 Å². The number of benzene rings is 9. The van der Waals surface area contributed by atoms with E-state index in [9.17, 15) is 0 Å². The van der Waals surface area contributed by atoms with Gasteiger partial charge in [0, 0.05) is 55.9 Å². The normalized spacial score (nSPS) is 11.2. The molecule has 0 aliphatic heterocycles. The highest BCUT2D eigenvalue weighted by molar-refractivity contribution is 6.14. The van der Waals surface area contributed by atoms with Gasteiger partial charge >= 0.3 is 0 Å². The van der Waals surface area contributed by atoms with Crippen LogP contribution in [0.25, 0.3) is 72.0 Å². The van der Waals surface area contributed by atoms with Crippen molar-refractivity contribution >= 4 is 44.6 Å². The van der Waals surface area contributed by atoms with Gasteiger partial charge in [-0.15, -0.1) is 0 Å². The third-order valence-electron chi connectivity index (χ3n) is 10.8. The van der Waals surface area contributed by atoms with Crippen LogP contribution in [0.5, 0.6) is 0 Å². The number of para-hydroxylation sites is 5. The standard InChI is InChI=1S/C54H39N3/c1-4-17-38(18-5-1)40-20-15-24-44(36-40)56-52-34-33-41(39-19-14-21-42(35-39)46-27-10-12-31-51(46)55-43-22-6-2-7-23-43)37-50(52)49-30-16-29-48-47-28-11-13-32-53(47)57(54(48)49)45-25-8-3-9-26-45/h1-37,55-56H. The van der Waals surface area contributed by atoms with E-state index in [0.717, 1.165) is 61.8 Å². The highest BCUT2D eigenvalue weighted by Gasteiger charge is 2.19. The Morgan fingerprint density at radius 2 is 0.842 bits per heavy atom. The lowest BCUT2D eigenvalue weighted by Crippen LogP contribution is -1.98. The summed E-state index contributed by atoms with van der Waals surface area (Å²) in [4.78, 5) is 0. The number of nitrogens with one attached hydrogen (secondary N) is 2. The van der Waals surface area contributed by atoms with E-state index in [1.54, 1.807) is 0 Å². The van der Waals surface area contributed by atoms with Gasteiger partial charge in [-0.25, -0.2) is 0 Å². The van der Waals surface area contributed by atoms with Crippen molar-refractivity contribution in [3.05, 3.63) is 224 Å². The highest BCUT2D eigenvalue weighted by atomic mass is 15.0. The van der Waals surface area contributed by atoms with E-state index in [0.29, 0.717) is 0 Å². The van der Waals surface area contributed by atoms with Crippen LogP contribution in [0.3, 0.4) is 0 Å². The van der Waals surface area contributed by atoms with Crippen molar-refractivity contribution in [1.82, 2.24) is 4.57 Å². The SMILES string of the molecule is c1ccc(Nc2ccccc2-c2cccc(-c3ccc(Nc4cccc(-c5ccccc5)c4)c(-c4cccc5c6ccccc6n(-c6ccccc6)c45)c3)c2)cc1. The zero-order valence-electron chi connectivity index (χ0n) is 31.3. The van der Waals surface area contributed by atoms with Crippen molar-refractivity contribution in [1.29, 1.82) is 0 Å². The summed E-state index contributed by atoms with van der Waals surface area (Å²) in [6.45, 7) is 0. The smallest absolute Gasteiger partial charge is 0.0620 e. The number of rotatable bonds is 9. The van der Waals surface area contributed by atoms with Crippen LogP contribution in [-0.2, 0) is 0 Å². The van der Waals surface area contributed by atoms with Gasteiger partial charge in [0.05, 0.1) is 11.0 Å². The fourth-order valence-corrected chi connectivity index (χ4v) is 8.09. The van der Waals surface area contributed by atoms with E-state index in [1.165, 1.54) is 32.9 Å². The fraction of sp³-hybridized carbons (Fsp3) is 0. The molecule has 57 heavy (non-hydrogen) atoms. The average Bonchev–Trinajstić information content (AvgIpc) is 3.63. The summed E-state index contributed by atoms with van der Waals surface area (Å²) in [5, 5.41) is 9.96. The van der Waals surface area contributed by atoms with Gasteiger partial charge in [-0.05, 0) is 94.5 Å². The molecule has 0 amide bonds. The van der Waals surface area contributed by atoms with Gasteiger partial charge in [-0.3, -0.25) is 0 Å². The summed E-state index contributed by atoms with van der Waals surface area (Å²) < 4.78 is 2.42. The fourth-order valence-electron chi connectivity index (χ4n) is 8.09. The number of hydrogen-bond donors (Lipinski definition) is 2. The molecule has 0 bridgehead atoms. The number of fused-ring (bicyclic) bond motifs is 3. The second-order valence-electron chi connectivity index (χ2n) is 14.3. The van der Waals surface area contributed by atoms with Crippen LogP contribution >= 0.6 is 0 Å². The monoisotopic (exact) mass is 729 g/mol. The number of anilines is 4. The third kappa shape index (κ3) is 6.62. The molecule has 3 nitrogen and oxygen atoms in total. The molecule has 10 rings (SSSR count). The summed E-state index contributed by atoms with van der Waals surface area (Å²) in [7, 11) is 0. The molecule has 0 saturated carbocycles. The van der Waals surface area contributed by atoms with Gasteiger partial charge in [-0.1, -0.05) is 158 Å². The average molecular weight is 730 g/mol. The van der Waals surface area contributed by atoms with E-state index in [2.05, 4.69) is 234 Å². The van der Waals surface area contributed by atoms with E-state index in [1.807, 2.05) is 6.07 Å². The summed E-state index contributed by atoms with van der Waals surface area (Å²) in [6, 6.07) is 80.0. The van der Waals surface area contributed by atoms with Gasteiger partial charge in [0.1, 0.15) is 0 Å². The zero-order chi connectivity index (χ0) is 38.0. The molecule has 0 aliphatic rings. The molecule has 0 fully saturated rings. The van der Waals surface area contributed by atoms with Gasteiger partial charge in [0.25, 0.3) is 0 Å². The quantitative estimate of drug-likeness (QED) is 0.155. The van der Waals surface area contributed by atoms with Crippen LogP contribution in [0, 0.1) is 0 Å². The summed E-state index contributed by atoms with van der Waals surface area (Å²) in [5.74, 6) is 0. The maximum Gasteiger partial charge on any atom is 0.0620 e. The van der Waals surface area contributed by atoms with Crippen LogP contribution in [0.4, 0.5) is 22.7 Å². The van der Waals surface area contributed by atoms with E-state index >= 15 is 0 Å². The maximum atomic E-state index is 3.87. The van der Waals surface area contributed by atoms with Crippen molar-refractivity contribution < 1.29 is 0 Å². The molecular weight excluding hydrogens is 691 g/mol.